The van der Waals surface area contributed by atoms with Crippen LogP contribution in [0.25, 0.3) is 117 Å². The zero-order valence-electron chi connectivity index (χ0n) is 33.4. The van der Waals surface area contributed by atoms with Gasteiger partial charge < -0.3 is 4.42 Å². The molecule has 0 aliphatic rings. The lowest BCUT2D eigenvalue weighted by Crippen LogP contribution is -2.06. The second kappa shape index (κ2) is 14.7. The van der Waals surface area contributed by atoms with Crippen molar-refractivity contribution in [2.75, 3.05) is 0 Å². The first-order chi connectivity index (χ1) is 30.8. The summed E-state index contributed by atoms with van der Waals surface area (Å²) in [6.07, 6.45) is 2.00. The monoisotopic (exact) mass is 793 g/mol. The van der Waals surface area contributed by atoms with Gasteiger partial charge in [-0.3, -0.25) is 4.57 Å². The Morgan fingerprint density at radius 1 is 0.371 bits per heavy atom. The molecule has 0 N–H and O–H groups in total. The average molecular weight is 794 g/mol. The normalized spacial score (nSPS) is 11.5. The number of aromatic nitrogens is 5. The third kappa shape index (κ3) is 5.88. The van der Waals surface area contributed by atoms with E-state index in [9.17, 15) is 0 Å². The fraction of sp³-hybridized carbons (Fsp3) is 0. The second-order valence-corrected chi connectivity index (χ2v) is 15.4. The molecular weight excluding hydrogens is 759 g/mol. The fourth-order valence-corrected chi connectivity index (χ4v) is 8.90. The Kier molecular flexibility index (Phi) is 8.38. The lowest BCUT2D eigenvalue weighted by molar-refractivity contribution is 0.671. The van der Waals surface area contributed by atoms with Gasteiger partial charge in [0, 0.05) is 44.4 Å². The molecule has 0 spiro atoms. The largest absolute Gasteiger partial charge is 0.454 e. The van der Waals surface area contributed by atoms with Crippen molar-refractivity contribution in [1.29, 1.82) is 0 Å². The Balaban J connectivity index is 1.22. The molecule has 0 unspecified atom stereocenters. The van der Waals surface area contributed by atoms with Crippen molar-refractivity contribution < 1.29 is 4.42 Å². The maximum Gasteiger partial charge on any atom is 0.167 e. The highest BCUT2D eigenvalue weighted by Gasteiger charge is 2.25. The molecule has 0 radical (unpaired) electrons. The average Bonchev–Trinajstić information content (AvgIpc) is 3.91. The Bertz CT molecular complexity index is 3500. The van der Waals surface area contributed by atoms with Gasteiger partial charge in [-0.15, -0.1) is 0 Å². The number of hydrogen-bond donors (Lipinski definition) is 0. The number of hydrogen-bond acceptors (Lipinski definition) is 5. The van der Waals surface area contributed by atoms with Gasteiger partial charge in [0.15, 0.2) is 23.1 Å². The smallest absolute Gasteiger partial charge is 0.167 e. The van der Waals surface area contributed by atoms with Gasteiger partial charge in [-0.2, -0.15) is 0 Å². The van der Waals surface area contributed by atoms with Crippen LogP contribution in [-0.2, 0) is 0 Å². The van der Waals surface area contributed by atoms with Crippen LogP contribution >= 0.6 is 0 Å². The van der Waals surface area contributed by atoms with E-state index in [0.717, 1.165) is 93.8 Å². The van der Waals surface area contributed by atoms with Gasteiger partial charge in [0.25, 0.3) is 0 Å². The van der Waals surface area contributed by atoms with Gasteiger partial charge in [0.1, 0.15) is 11.4 Å². The van der Waals surface area contributed by atoms with E-state index in [0.29, 0.717) is 23.3 Å². The molecule has 0 aliphatic carbocycles. The quantitative estimate of drug-likeness (QED) is 0.161. The Labute approximate surface area is 357 Å². The first-order valence-electron chi connectivity index (χ1n) is 20.7. The van der Waals surface area contributed by atoms with Crippen LogP contribution in [-0.4, -0.2) is 24.5 Å². The van der Waals surface area contributed by atoms with Crippen LogP contribution in [0.15, 0.2) is 217 Å². The zero-order chi connectivity index (χ0) is 41.0. The molecule has 12 aromatic rings. The highest BCUT2D eigenvalue weighted by Crippen LogP contribution is 2.45. The molecule has 0 atom stereocenters. The van der Waals surface area contributed by atoms with E-state index in [1.807, 2.05) is 79.0 Å². The maximum absolute atomic E-state index is 6.79. The van der Waals surface area contributed by atoms with Crippen molar-refractivity contribution >= 4 is 43.7 Å². The minimum atomic E-state index is 0.503. The third-order valence-corrected chi connectivity index (χ3v) is 11.7. The van der Waals surface area contributed by atoms with Crippen molar-refractivity contribution in [2.45, 2.75) is 0 Å². The summed E-state index contributed by atoms with van der Waals surface area (Å²) in [6.45, 7) is 0. The molecule has 4 heterocycles. The van der Waals surface area contributed by atoms with E-state index in [1.165, 1.54) is 0 Å². The van der Waals surface area contributed by atoms with Crippen LogP contribution < -0.4 is 0 Å². The maximum atomic E-state index is 6.79. The van der Waals surface area contributed by atoms with Gasteiger partial charge in [-0.25, -0.2) is 19.9 Å². The number of fused-ring (bicyclic) bond motifs is 7. The van der Waals surface area contributed by atoms with Gasteiger partial charge in [-0.1, -0.05) is 182 Å². The number of benzene rings is 8. The summed E-state index contributed by atoms with van der Waals surface area (Å²) in [5.41, 5.74) is 12.5. The summed E-state index contributed by atoms with van der Waals surface area (Å²) < 4.78 is 9.03. The van der Waals surface area contributed by atoms with E-state index >= 15 is 0 Å². The SMILES string of the molecule is c1ccc(-c2nc(-c3ccccc3)nc(-c3cc(-c4c(-c5ccccc5)cccc4-c4ccccc4)cnc3-n3c4ccccc4c4ccc5c6ccccc6oc5c43)n2)cc1. The van der Waals surface area contributed by atoms with Crippen LogP contribution in [0.5, 0.6) is 0 Å². The summed E-state index contributed by atoms with van der Waals surface area (Å²) in [4.78, 5) is 21.3. The molecule has 0 bridgehead atoms. The summed E-state index contributed by atoms with van der Waals surface area (Å²) in [6, 6.07) is 71.1. The minimum Gasteiger partial charge on any atom is -0.454 e. The lowest BCUT2D eigenvalue weighted by atomic mass is 9.88. The van der Waals surface area contributed by atoms with Gasteiger partial charge >= 0.3 is 0 Å². The Morgan fingerprint density at radius 3 is 1.52 bits per heavy atom. The van der Waals surface area contributed by atoms with E-state index in [2.05, 4.69) is 138 Å². The Hall–Kier alpha value is -8.48. The third-order valence-electron chi connectivity index (χ3n) is 11.7. The molecule has 8 aromatic carbocycles. The van der Waals surface area contributed by atoms with Crippen LogP contribution in [0.2, 0.25) is 0 Å². The standard InChI is InChI=1S/C56H35N5O/c1-5-18-36(19-6-1)41-28-17-29-42(37-20-7-2-8-21-37)50(41)40-34-47(55-59-53(38-22-9-3-10-23-38)58-54(60-55)39-24-11-4-12-25-39)56(57-35-40)61-48-30-15-13-26-43(48)45-32-33-46-44-27-14-16-31-49(44)62-52(46)51(45)61/h1-35H. The first-order valence-corrected chi connectivity index (χ1v) is 20.7. The first kappa shape index (κ1) is 35.5. The van der Waals surface area contributed by atoms with E-state index in [-0.39, 0.29) is 0 Å². The van der Waals surface area contributed by atoms with Gasteiger partial charge in [0.05, 0.1) is 16.6 Å². The van der Waals surface area contributed by atoms with E-state index in [4.69, 9.17) is 24.4 Å². The predicted molar refractivity (Wildman–Crippen MR) is 252 cm³/mol. The summed E-state index contributed by atoms with van der Waals surface area (Å²) in [7, 11) is 0. The Morgan fingerprint density at radius 2 is 0.887 bits per heavy atom. The predicted octanol–water partition coefficient (Wildman–Crippen LogP) is 14.3. The van der Waals surface area contributed by atoms with Crippen LogP contribution in [0, 0.1) is 0 Å². The van der Waals surface area contributed by atoms with Gasteiger partial charge in [-0.05, 0) is 52.1 Å². The van der Waals surface area contributed by atoms with Crippen molar-refractivity contribution in [3.05, 3.63) is 212 Å². The van der Waals surface area contributed by atoms with Crippen LogP contribution in [0.3, 0.4) is 0 Å². The molecule has 6 heteroatoms. The van der Waals surface area contributed by atoms with Crippen LogP contribution in [0.1, 0.15) is 0 Å². The topological polar surface area (TPSA) is 69.6 Å². The van der Waals surface area contributed by atoms with Gasteiger partial charge in [0.2, 0.25) is 0 Å². The van der Waals surface area contributed by atoms with E-state index < -0.39 is 0 Å². The zero-order valence-corrected chi connectivity index (χ0v) is 33.4. The fourth-order valence-electron chi connectivity index (χ4n) is 8.90. The molecule has 6 nitrogen and oxygen atoms in total. The molecule has 12 rings (SSSR count). The summed E-state index contributed by atoms with van der Waals surface area (Å²) in [5, 5.41) is 4.26. The minimum absolute atomic E-state index is 0.503. The second-order valence-electron chi connectivity index (χ2n) is 15.4. The number of rotatable bonds is 7. The molecule has 0 aliphatic heterocycles. The lowest BCUT2D eigenvalue weighted by Gasteiger charge is -2.19. The van der Waals surface area contributed by atoms with Crippen molar-refractivity contribution in [3.63, 3.8) is 0 Å². The number of nitrogens with zero attached hydrogens (tertiary/aromatic N) is 5. The number of para-hydroxylation sites is 2. The number of furan rings is 1. The molecule has 290 valence electrons. The highest BCUT2D eigenvalue weighted by atomic mass is 16.3. The molecule has 0 saturated carbocycles. The van der Waals surface area contributed by atoms with Crippen molar-refractivity contribution in [2.24, 2.45) is 0 Å². The molecule has 62 heavy (non-hydrogen) atoms. The van der Waals surface area contributed by atoms with Crippen molar-refractivity contribution in [1.82, 2.24) is 24.5 Å². The van der Waals surface area contributed by atoms with E-state index in [1.54, 1.807) is 0 Å². The molecule has 0 fully saturated rings. The molecule has 4 aromatic heterocycles. The molecular formula is C56H35N5O. The summed E-state index contributed by atoms with van der Waals surface area (Å²) in [5.74, 6) is 2.32. The molecule has 0 saturated heterocycles. The summed E-state index contributed by atoms with van der Waals surface area (Å²) >= 11 is 0. The number of pyridine rings is 1. The highest BCUT2D eigenvalue weighted by molar-refractivity contribution is 6.21. The van der Waals surface area contributed by atoms with Crippen LogP contribution in [0.4, 0.5) is 0 Å². The molecule has 0 amide bonds. The van der Waals surface area contributed by atoms with Crippen molar-refractivity contribution in [3.8, 4) is 73.4 Å².